The van der Waals surface area contributed by atoms with E-state index in [0.717, 1.165) is 62.2 Å². The predicted octanol–water partition coefficient (Wildman–Crippen LogP) is 1.72. The smallest absolute Gasteiger partial charge is 0.222 e. The van der Waals surface area contributed by atoms with Crippen LogP contribution in [-0.2, 0) is 4.79 Å². The lowest BCUT2D eigenvalue weighted by Gasteiger charge is -2.34. The SMILES string of the molecule is CN(C)c1cc(N2CCC(CC(=O)N3CCSCC3)CC2)ncn1. The fraction of sp³-hybridized carbons (Fsp3) is 0.706. The van der Waals surface area contributed by atoms with Crippen molar-refractivity contribution in [3.63, 3.8) is 0 Å². The molecular weight excluding hydrogens is 322 g/mol. The molecule has 6 nitrogen and oxygen atoms in total. The van der Waals surface area contributed by atoms with Crippen LogP contribution >= 0.6 is 11.8 Å². The molecule has 0 spiro atoms. The van der Waals surface area contributed by atoms with Crippen LogP contribution in [0.3, 0.4) is 0 Å². The molecule has 1 aromatic rings. The van der Waals surface area contributed by atoms with E-state index in [9.17, 15) is 4.79 Å². The molecule has 0 radical (unpaired) electrons. The van der Waals surface area contributed by atoms with Gasteiger partial charge in [-0.1, -0.05) is 0 Å². The lowest BCUT2D eigenvalue weighted by molar-refractivity contribution is -0.132. The summed E-state index contributed by atoms with van der Waals surface area (Å²) in [5, 5.41) is 0. The minimum absolute atomic E-state index is 0.352. The van der Waals surface area contributed by atoms with Gasteiger partial charge in [0.25, 0.3) is 0 Å². The minimum atomic E-state index is 0.352. The monoisotopic (exact) mass is 349 g/mol. The molecule has 0 N–H and O–H groups in total. The van der Waals surface area contributed by atoms with Crippen LogP contribution in [0.4, 0.5) is 11.6 Å². The van der Waals surface area contributed by atoms with Gasteiger partial charge in [-0.25, -0.2) is 9.97 Å². The highest BCUT2D eigenvalue weighted by Crippen LogP contribution is 2.26. The van der Waals surface area contributed by atoms with Gasteiger partial charge in [-0.15, -0.1) is 0 Å². The van der Waals surface area contributed by atoms with Crippen LogP contribution in [0.15, 0.2) is 12.4 Å². The summed E-state index contributed by atoms with van der Waals surface area (Å²) >= 11 is 1.95. The highest BCUT2D eigenvalue weighted by atomic mass is 32.2. The third kappa shape index (κ3) is 4.32. The first kappa shape index (κ1) is 17.3. The highest BCUT2D eigenvalue weighted by Gasteiger charge is 2.25. The van der Waals surface area contributed by atoms with Crippen molar-refractivity contribution in [2.24, 2.45) is 5.92 Å². The first-order chi connectivity index (χ1) is 11.6. The molecule has 1 aromatic heterocycles. The number of anilines is 2. The van der Waals surface area contributed by atoms with Crippen LogP contribution in [0.5, 0.6) is 0 Å². The molecular formula is C17H27N5OS. The number of nitrogens with zero attached hydrogens (tertiary/aromatic N) is 5. The Kier molecular flexibility index (Phi) is 5.81. The second kappa shape index (κ2) is 8.05. The molecule has 3 heterocycles. The molecule has 132 valence electrons. The van der Waals surface area contributed by atoms with Gasteiger partial charge >= 0.3 is 0 Å². The maximum Gasteiger partial charge on any atom is 0.222 e. The number of rotatable bonds is 4. The lowest BCUT2D eigenvalue weighted by Crippen LogP contribution is -2.40. The summed E-state index contributed by atoms with van der Waals surface area (Å²) in [5.41, 5.74) is 0. The Hall–Kier alpha value is -1.50. The number of piperidine rings is 1. The predicted molar refractivity (Wildman–Crippen MR) is 99.8 cm³/mol. The first-order valence-corrected chi connectivity index (χ1v) is 9.89. The summed E-state index contributed by atoms with van der Waals surface area (Å²) in [5.74, 6) is 4.97. The summed E-state index contributed by atoms with van der Waals surface area (Å²) in [7, 11) is 3.98. The zero-order valence-electron chi connectivity index (χ0n) is 14.6. The quantitative estimate of drug-likeness (QED) is 0.825. The average molecular weight is 350 g/mol. The molecule has 0 atom stereocenters. The third-order valence-corrected chi connectivity index (χ3v) is 5.80. The Balaban J connectivity index is 1.50. The van der Waals surface area contributed by atoms with Gasteiger partial charge in [0.15, 0.2) is 0 Å². The molecule has 0 aromatic carbocycles. The van der Waals surface area contributed by atoms with Crippen molar-refractivity contribution in [3.05, 3.63) is 12.4 Å². The van der Waals surface area contributed by atoms with Crippen LogP contribution in [0.2, 0.25) is 0 Å². The Bertz CT molecular complexity index is 554. The average Bonchev–Trinajstić information content (AvgIpc) is 2.63. The highest BCUT2D eigenvalue weighted by molar-refractivity contribution is 7.99. The zero-order valence-corrected chi connectivity index (χ0v) is 15.5. The van der Waals surface area contributed by atoms with Crippen molar-refractivity contribution < 1.29 is 4.79 Å². The van der Waals surface area contributed by atoms with E-state index in [0.29, 0.717) is 18.2 Å². The fourth-order valence-corrected chi connectivity index (χ4v) is 4.21. The Labute approximate surface area is 148 Å². The zero-order chi connectivity index (χ0) is 16.9. The Morgan fingerprint density at radius 2 is 1.92 bits per heavy atom. The van der Waals surface area contributed by atoms with Gasteiger partial charge in [-0.3, -0.25) is 4.79 Å². The lowest BCUT2D eigenvalue weighted by atomic mass is 9.93. The van der Waals surface area contributed by atoms with Crippen LogP contribution in [0.1, 0.15) is 19.3 Å². The van der Waals surface area contributed by atoms with Crippen molar-refractivity contribution >= 4 is 29.3 Å². The van der Waals surface area contributed by atoms with Gasteiger partial charge in [-0.2, -0.15) is 11.8 Å². The van der Waals surface area contributed by atoms with Gasteiger partial charge in [0, 0.05) is 64.3 Å². The van der Waals surface area contributed by atoms with E-state index in [1.165, 1.54) is 0 Å². The van der Waals surface area contributed by atoms with Crippen LogP contribution in [-0.4, -0.2) is 72.6 Å². The summed E-state index contributed by atoms with van der Waals surface area (Å²) in [6.07, 6.45) is 4.48. The normalized spacial score (nSPS) is 19.4. The van der Waals surface area contributed by atoms with E-state index in [4.69, 9.17) is 0 Å². The fourth-order valence-electron chi connectivity index (χ4n) is 3.31. The maximum atomic E-state index is 12.4. The molecule has 24 heavy (non-hydrogen) atoms. The molecule has 0 aliphatic carbocycles. The molecule has 0 saturated carbocycles. The van der Waals surface area contributed by atoms with E-state index in [1.54, 1.807) is 6.33 Å². The molecule has 2 saturated heterocycles. The van der Waals surface area contributed by atoms with E-state index in [2.05, 4.69) is 19.8 Å². The van der Waals surface area contributed by atoms with Crippen molar-refractivity contribution in [1.29, 1.82) is 0 Å². The van der Waals surface area contributed by atoms with Crippen molar-refractivity contribution in [3.8, 4) is 0 Å². The summed E-state index contributed by atoms with van der Waals surface area (Å²) in [4.78, 5) is 27.5. The van der Waals surface area contributed by atoms with Crippen molar-refractivity contribution in [2.45, 2.75) is 19.3 Å². The van der Waals surface area contributed by atoms with E-state index < -0.39 is 0 Å². The largest absolute Gasteiger partial charge is 0.363 e. The number of aromatic nitrogens is 2. The van der Waals surface area contributed by atoms with Gasteiger partial charge in [-0.05, 0) is 18.8 Å². The molecule has 0 unspecified atom stereocenters. The first-order valence-electron chi connectivity index (χ1n) is 8.73. The third-order valence-electron chi connectivity index (χ3n) is 4.86. The number of carbonyl (C=O) groups is 1. The van der Waals surface area contributed by atoms with Gasteiger partial charge in [0.1, 0.15) is 18.0 Å². The number of hydrogen-bond donors (Lipinski definition) is 0. The van der Waals surface area contributed by atoms with Crippen LogP contribution in [0.25, 0.3) is 0 Å². The van der Waals surface area contributed by atoms with Gasteiger partial charge in [0.05, 0.1) is 0 Å². The van der Waals surface area contributed by atoms with Crippen molar-refractivity contribution in [2.75, 3.05) is 61.6 Å². The maximum absolute atomic E-state index is 12.4. The minimum Gasteiger partial charge on any atom is -0.363 e. The molecule has 2 fully saturated rings. The van der Waals surface area contributed by atoms with Gasteiger partial charge in [0.2, 0.25) is 5.91 Å². The molecule has 2 aliphatic rings. The second-order valence-electron chi connectivity index (χ2n) is 6.76. The summed E-state index contributed by atoms with van der Waals surface area (Å²) < 4.78 is 0. The van der Waals surface area contributed by atoms with Crippen molar-refractivity contribution in [1.82, 2.24) is 14.9 Å². The van der Waals surface area contributed by atoms with E-state index in [1.807, 2.05) is 36.8 Å². The molecule has 7 heteroatoms. The number of hydrogen-bond acceptors (Lipinski definition) is 6. The number of thioether (sulfide) groups is 1. The number of carbonyl (C=O) groups excluding carboxylic acids is 1. The Morgan fingerprint density at radius 1 is 1.21 bits per heavy atom. The van der Waals surface area contributed by atoms with E-state index in [-0.39, 0.29) is 0 Å². The standard InChI is InChI=1S/C17H27N5OS/c1-20(2)15-12-16(19-13-18-15)21-5-3-14(4-6-21)11-17(23)22-7-9-24-10-8-22/h12-14H,3-11H2,1-2H3. The molecule has 0 bridgehead atoms. The molecule has 1 amide bonds. The Morgan fingerprint density at radius 3 is 2.58 bits per heavy atom. The van der Waals surface area contributed by atoms with Crippen LogP contribution < -0.4 is 9.80 Å². The summed E-state index contributed by atoms with van der Waals surface area (Å²) in [6, 6.07) is 2.04. The summed E-state index contributed by atoms with van der Waals surface area (Å²) in [6.45, 7) is 3.79. The van der Waals surface area contributed by atoms with E-state index >= 15 is 0 Å². The molecule has 3 rings (SSSR count). The second-order valence-corrected chi connectivity index (χ2v) is 7.98. The number of amides is 1. The topological polar surface area (TPSA) is 52.6 Å². The van der Waals surface area contributed by atoms with Crippen LogP contribution in [0, 0.1) is 5.92 Å². The molecule has 2 aliphatic heterocycles. The van der Waals surface area contributed by atoms with Gasteiger partial charge < -0.3 is 14.7 Å².